The Morgan fingerprint density at radius 2 is 2.15 bits per heavy atom. The highest BCUT2D eigenvalue weighted by Crippen LogP contribution is 2.28. The maximum absolute atomic E-state index is 12.6. The average Bonchev–Trinajstić information content (AvgIpc) is 3.35. The number of nitrogens with one attached hydrogen (secondary N) is 1. The van der Waals surface area contributed by atoms with E-state index in [2.05, 4.69) is 20.4 Å². The summed E-state index contributed by atoms with van der Waals surface area (Å²) in [5.74, 6) is 0.0439. The van der Waals surface area contributed by atoms with E-state index >= 15 is 0 Å². The molecule has 0 aliphatic carbocycles. The summed E-state index contributed by atoms with van der Waals surface area (Å²) in [7, 11) is 1.58. The van der Waals surface area contributed by atoms with E-state index in [9.17, 15) is 9.59 Å². The summed E-state index contributed by atoms with van der Waals surface area (Å²) in [6.07, 6.45) is 7.86. The van der Waals surface area contributed by atoms with Gasteiger partial charge in [-0.15, -0.1) is 0 Å². The van der Waals surface area contributed by atoms with Crippen molar-refractivity contribution in [1.29, 1.82) is 0 Å². The van der Waals surface area contributed by atoms with Crippen molar-refractivity contribution >= 4 is 17.5 Å². The van der Waals surface area contributed by atoms with Gasteiger partial charge in [0.15, 0.2) is 5.65 Å². The fourth-order valence-corrected chi connectivity index (χ4v) is 3.53. The minimum atomic E-state index is -0.214. The summed E-state index contributed by atoms with van der Waals surface area (Å²) < 4.78 is 1.71. The molecule has 0 bridgehead atoms. The summed E-state index contributed by atoms with van der Waals surface area (Å²) in [5.41, 5.74) is 2.86. The van der Waals surface area contributed by atoms with E-state index in [4.69, 9.17) is 0 Å². The van der Waals surface area contributed by atoms with E-state index in [1.165, 1.54) is 6.20 Å². The van der Waals surface area contributed by atoms with Gasteiger partial charge in [-0.25, -0.2) is 9.50 Å². The van der Waals surface area contributed by atoms with Crippen LogP contribution in [0.3, 0.4) is 0 Å². The number of carbonyl (C=O) groups is 2. The van der Waals surface area contributed by atoms with Gasteiger partial charge >= 0.3 is 0 Å². The fraction of sp³-hybridized carbons (Fsp3) is 0.316. The number of aromatic nitrogens is 4. The number of amides is 2. The molecular formula is C19H20N6O2. The molecule has 1 atom stereocenters. The number of carbonyl (C=O) groups excluding carboxylic acids is 2. The predicted octanol–water partition coefficient (Wildman–Crippen LogP) is 1.04. The standard InChI is InChI=1S/C19H20N6O2/c1-20-19(27)15-11-23-25-16(4-7-22-18(15)25)14-5-8-24(12-14)17(26)9-13-3-2-6-21-10-13/h2-4,6-7,10-11,14H,5,8-9,12H2,1H3,(H,20,27)/t14-/m0/s1. The van der Waals surface area contributed by atoms with Crippen LogP contribution in [-0.4, -0.2) is 56.4 Å². The summed E-state index contributed by atoms with van der Waals surface area (Å²) in [6, 6.07) is 5.66. The molecule has 4 heterocycles. The van der Waals surface area contributed by atoms with Crippen molar-refractivity contribution in [1.82, 2.24) is 29.8 Å². The lowest BCUT2D eigenvalue weighted by molar-refractivity contribution is -0.129. The smallest absolute Gasteiger partial charge is 0.256 e. The highest BCUT2D eigenvalue weighted by atomic mass is 16.2. The topological polar surface area (TPSA) is 92.5 Å². The lowest BCUT2D eigenvalue weighted by Crippen LogP contribution is -2.30. The molecule has 3 aromatic rings. The van der Waals surface area contributed by atoms with Gasteiger partial charge in [-0.1, -0.05) is 6.07 Å². The Morgan fingerprint density at radius 3 is 2.93 bits per heavy atom. The molecule has 1 N–H and O–H groups in total. The van der Waals surface area contributed by atoms with Crippen molar-refractivity contribution < 1.29 is 9.59 Å². The molecule has 1 fully saturated rings. The molecule has 3 aromatic heterocycles. The van der Waals surface area contributed by atoms with Crippen molar-refractivity contribution in [3.8, 4) is 0 Å². The molecular weight excluding hydrogens is 344 g/mol. The van der Waals surface area contributed by atoms with Gasteiger partial charge in [0.25, 0.3) is 5.91 Å². The van der Waals surface area contributed by atoms with E-state index in [-0.39, 0.29) is 17.7 Å². The Morgan fingerprint density at radius 1 is 1.26 bits per heavy atom. The van der Waals surface area contributed by atoms with Crippen molar-refractivity contribution in [3.05, 3.63) is 59.8 Å². The molecule has 4 rings (SSSR count). The molecule has 0 saturated carbocycles. The number of likely N-dealkylation sites (tertiary alicyclic amines) is 1. The third-order valence-corrected chi connectivity index (χ3v) is 4.94. The maximum atomic E-state index is 12.6. The SMILES string of the molecule is CNC(=O)c1cnn2c([C@H]3CCN(C(=O)Cc4cccnc4)C3)ccnc12. The van der Waals surface area contributed by atoms with E-state index in [0.717, 1.165) is 17.7 Å². The average molecular weight is 364 g/mol. The zero-order valence-corrected chi connectivity index (χ0v) is 15.0. The minimum absolute atomic E-state index is 0.0994. The van der Waals surface area contributed by atoms with Gasteiger partial charge in [0.2, 0.25) is 5.91 Å². The second kappa shape index (κ2) is 7.14. The largest absolute Gasteiger partial charge is 0.355 e. The Bertz CT molecular complexity index is 984. The summed E-state index contributed by atoms with van der Waals surface area (Å²) >= 11 is 0. The van der Waals surface area contributed by atoms with Crippen molar-refractivity contribution in [2.45, 2.75) is 18.8 Å². The zero-order chi connectivity index (χ0) is 18.8. The highest BCUT2D eigenvalue weighted by molar-refractivity contribution is 5.99. The van der Waals surface area contributed by atoms with Gasteiger partial charge in [-0.3, -0.25) is 14.6 Å². The fourth-order valence-electron chi connectivity index (χ4n) is 3.53. The van der Waals surface area contributed by atoms with Crippen molar-refractivity contribution in [2.75, 3.05) is 20.1 Å². The molecule has 0 unspecified atom stereocenters. The van der Waals surface area contributed by atoms with Gasteiger partial charge in [0, 0.05) is 44.6 Å². The van der Waals surface area contributed by atoms with Gasteiger partial charge < -0.3 is 10.2 Å². The van der Waals surface area contributed by atoms with Crippen LogP contribution in [0.15, 0.2) is 43.0 Å². The highest BCUT2D eigenvalue weighted by Gasteiger charge is 2.29. The Balaban J connectivity index is 1.53. The number of nitrogens with zero attached hydrogens (tertiary/aromatic N) is 5. The van der Waals surface area contributed by atoms with E-state index in [0.29, 0.717) is 30.7 Å². The first-order valence-electron chi connectivity index (χ1n) is 8.88. The second-order valence-corrected chi connectivity index (χ2v) is 6.61. The van der Waals surface area contributed by atoms with Gasteiger partial charge in [0.05, 0.1) is 18.3 Å². The number of pyridine rings is 1. The predicted molar refractivity (Wildman–Crippen MR) is 98.3 cm³/mol. The van der Waals surface area contributed by atoms with Crippen molar-refractivity contribution in [2.24, 2.45) is 0 Å². The van der Waals surface area contributed by atoms with Crippen LogP contribution in [0, 0.1) is 0 Å². The molecule has 8 heteroatoms. The maximum Gasteiger partial charge on any atom is 0.256 e. The molecule has 1 saturated heterocycles. The molecule has 138 valence electrons. The second-order valence-electron chi connectivity index (χ2n) is 6.61. The first-order chi connectivity index (χ1) is 13.2. The summed E-state index contributed by atoms with van der Waals surface area (Å²) in [5, 5.41) is 6.95. The van der Waals surface area contributed by atoms with Crippen LogP contribution in [-0.2, 0) is 11.2 Å². The monoisotopic (exact) mass is 364 g/mol. The molecule has 0 aromatic carbocycles. The zero-order valence-electron chi connectivity index (χ0n) is 15.0. The van der Waals surface area contributed by atoms with Gasteiger partial charge in [0.1, 0.15) is 5.56 Å². The van der Waals surface area contributed by atoms with Crippen LogP contribution in [0.4, 0.5) is 0 Å². The molecule has 8 nitrogen and oxygen atoms in total. The van der Waals surface area contributed by atoms with Crippen molar-refractivity contribution in [3.63, 3.8) is 0 Å². The number of hydrogen-bond donors (Lipinski definition) is 1. The minimum Gasteiger partial charge on any atom is -0.355 e. The third-order valence-electron chi connectivity index (χ3n) is 4.94. The summed E-state index contributed by atoms with van der Waals surface area (Å²) in [6.45, 7) is 1.34. The van der Waals surface area contributed by atoms with Crippen LogP contribution >= 0.6 is 0 Å². The Kier molecular flexibility index (Phi) is 4.53. The summed E-state index contributed by atoms with van der Waals surface area (Å²) in [4.78, 5) is 34.8. The molecule has 27 heavy (non-hydrogen) atoms. The van der Waals surface area contributed by atoms with Gasteiger partial charge in [-0.05, 0) is 24.1 Å². The van der Waals surface area contributed by atoms with E-state index < -0.39 is 0 Å². The van der Waals surface area contributed by atoms with Crippen LogP contribution in [0.5, 0.6) is 0 Å². The number of rotatable bonds is 4. The third kappa shape index (κ3) is 3.25. The molecule has 2 amide bonds. The number of hydrogen-bond acceptors (Lipinski definition) is 5. The lowest BCUT2D eigenvalue weighted by atomic mass is 10.0. The Hall–Kier alpha value is -3.29. The lowest BCUT2D eigenvalue weighted by Gasteiger charge is -2.17. The molecule has 1 aliphatic rings. The Labute approximate surface area is 156 Å². The van der Waals surface area contributed by atoms with Crippen LogP contribution < -0.4 is 5.32 Å². The van der Waals surface area contributed by atoms with Crippen LogP contribution in [0.25, 0.3) is 5.65 Å². The first kappa shape index (κ1) is 17.1. The van der Waals surface area contributed by atoms with E-state index in [1.807, 2.05) is 23.1 Å². The van der Waals surface area contributed by atoms with Crippen LogP contribution in [0.1, 0.15) is 34.0 Å². The van der Waals surface area contributed by atoms with E-state index in [1.54, 1.807) is 30.2 Å². The molecule has 0 spiro atoms. The first-order valence-corrected chi connectivity index (χ1v) is 8.88. The normalized spacial score (nSPS) is 16.6. The van der Waals surface area contributed by atoms with Crippen LogP contribution in [0.2, 0.25) is 0 Å². The number of fused-ring (bicyclic) bond motifs is 1. The molecule has 0 radical (unpaired) electrons. The molecule has 1 aliphatic heterocycles. The van der Waals surface area contributed by atoms with Gasteiger partial charge in [-0.2, -0.15) is 5.10 Å². The quantitative estimate of drug-likeness (QED) is 0.747.